The minimum atomic E-state index is -4.81. The zero-order valence-electron chi connectivity index (χ0n) is 23.2. The summed E-state index contributed by atoms with van der Waals surface area (Å²) in [5.41, 5.74) is 7.34. The van der Waals surface area contributed by atoms with Gasteiger partial charge >= 0.3 is 12.2 Å². The Morgan fingerprint density at radius 1 is 1.14 bits per heavy atom. The molecule has 0 spiro atoms. The van der Waals surface area contributed by atoms with Crippen molar-refractivity contribution in [3.8, 4) is 40.2 Å². The molecule has 5 rings (SSSR count). The summed E-state index contributed by atoms with van der Waals surface area (Å²) in [5.74, 6) is -0.172. The van der Waals surface area contributed by atoms with Gasteiger partial charge in [0.25, 0.3) is 5.91 Å². The molecule has 1 amide bonds. The lowest BCUT2D eigenvalue weighted by Crippen LogP contribution is -2.14. The third kappa shape index (κ3) is 5.48. The number of ether oxygens (including phenoxy) is 1. The van der Waals surface area contributed by atoms with Gasteiger partial charge in [-0.2, -0.15) is 18.4 Å². The fourth-order valence-corrected chi connectivity index (χ4v) is 4.76. The summed E-state index contributed by atoms with van der Waals surface area (Å²) in [4.78, 5) is 24.6. The van der Waals surface area contributed by atoms with Crippen molar-refractivity contribution < 1.29 is 22.7 Å². The molecule has 43 heavy (non-hydrogen) atoms. The van der Waals surface area contributed by atoms with Gasteiger partial charge in [0.2, 0.25) is 0 Å². The number of alkyl halides is 3. The van der Waals surface area contributed by atoms with Crippen molar-refractivity contribution in [2.24, 2.45) is 7.05 Å². The summed E-state index contributed by atoms with van der Waals surface area (Å²) in [6.45, 7) is 6.77. The maximum absolute atomic E-state index is 14.6. The molecule has 0 unspecified atom stereocenters. The Hall–Kier alpha value is -5.70. The Bertz CT molecular complexity index is 1960. The predicted octanol–water partition coefficient (Wildman–Crippen LogP) is 6.79. The van der Waals surface area contributed by atoms with E-state index in [4.69, 9.17) is 10.5 Å². The van der Waals surface area contributed by atoms with Crippen LogP contribution >= 0.6 is 0 Å². The molecule has 5 aromatic rings. The third-order valence-corrected chi connectivity index (χ3v) is 6.71. The first-order valence-corrected chi connectivity index (χ1v) is 12.8. The van der Waals surface area contributed by atoms with Crippen LogP contribution < -0.4 is 15.8 Å². The third-order valence-electron chi connectivity index (χ3n) is 6.71. The number of aromatic nitrogens is 4. The molecule has 0 aliphatic rings. The van der Waals surface area contributed by atoms with Crippen LogP contribution in [-0.4, -0.2) is 25.4 Å². The van der Waals surface area contributed by atoms with Crippen LogP contribution in [0.2, 0.25) is 0 Å². The largest absolute Gasteiger partial charge is 0.424 e. The smallest absolute Gasteiger partial charge is 0.417 e. The number of amides is 1. The van der Waals surface area contributed by atoms with E-state index < -0.39 is 17.6 Å². The molecule has 0 saturated heterocycles. The lowest BCUT2D eigenvalue weighted by atomic mass is 9.94. The first kappa shape index (κ1) is 28.8. The summed E-state index contributed by atoms with van der Waals surface area (Å²) in [6.07, 6.45) is -1.96. The number of aryl methyl sites for hydroxylation is 2. The van der Waals surface area contributed by atoms with E-state index in [0.717, 1.165) is 6.07 Å². The number of pyridine rings is 1. The fraction of sp³-hybridized carbons (Fsp3) is 0.129. The first-order valence-electron chi connectivity index (χ1n) is 12.8. The van der Waals surface area contributed by atoms with Crippen molar-refractivity contribution >= 4 is 28.3 Å². The highest BCUT2D eigenvalue weighted by Gasteiger charge is 2.36. The second kappa shape index (κ2) is 10.9. The maximum Gasteiger partial charge on any atom is 0.417 e. The van der Waals surface area contributed by atoms with E-state index in [1.165, 1.54) is 29.8 Å². The van der Waals surface area contributed by atoms with Crippen LogP contribution in [0.3, 0.4) is 0 Å². The van der Waals surface area contributed by atoms with Crippen molar-refractivity contribution in [3.05, 3.63) is 89.9 Å². The van der Waals surface area contributed by atoms with Gasteiger partial charge < -0.3 is 20.4 Å². The minimum Gasteiger partial charge on any atom is -0.424 e. The number of anilines is 2. The predicted molar refractivity (Wildman–Crippen MR) is 156 cm³/mol. The molecular weight excluding hydrogens is 559 g/mol. The monoisotopic (exact) mass is 583 g/mol. The standard InChI is InChI=1S/C31H24F3N7O2/c1-16(2)29(42)40-20-7-10-22(23(13-20)31(32,33)34)27-24(25-26(41(27)4)19(14-35)15-38-28(25)36)18-5-8-21(9-6-18)43-30-37-12-11-17(3)39-30/h5-13,15H,1H2,2-4H3,(H2,36,38)(H,40,42). The number of rotatable bonds is 6. The zero-order chi connectivity index (χ0) is 31.1. The topological polar surface area (TPSA) is 132 Å². The summed E-state index contributed by atoms with van der Waals surface area (Å²) in [6, 6.07) is 14.0. The molecule has 0 radical (unpaired) electrons. The number of hydrogen-bond acceptors (Lipinski definition) is 7. The normalized spacial score (nSPS) is 11.3. The average molecular weight is 584 g/mol. The van der Waals surface area contributed by atoms with Gasteiger partial charge in [-0.05, 0) is 49.7 Å². The van der Waals surface area contributed by atoms with Gasteiger partial charge in [-0.1, -0.05) is 24.8 Å². The number of nitriles is 1. The Balaban J connectivity index is 1.75. The van der Waals surface area contributed by atoms with Gasteiger partial charge in [0.15, 0.2) is 0 Å². The molecule has 0 bridgehead atoms. The van der Waals surface area contributed by atoms with Crippen LogP contribution in [0.5, 0.6) is 11.8 Å². The zero-order valence-corrected chi connectivity index (χ0v) is 23.2. The van der Waals surface area contributed by atoms with E-state index >= 15 is 0 Å². The van der Waals surface area contributed by atoms with Gasteiger partial charge in [-0.25, -0.2) is 15.0 Å². The summed E-state index contributed by atoms with van der Waals surface area (Å²) >= 11 is 0. The van der Waals surface area contributed by atoms with Crippen molar-refractivity contribution in [1.82, 2.24) is 19.5 Å². The first-order chi connectivity index (χ1) is 20.4. The molecule has 3 N–H and O–H groups in total. The molecule has 0 saturated carbocycles. The molecular formula is C31H24F3N7O2. The molecule has 12 heteroatoms. The lowest BCUT2D eigenvalue weighted by Gasteiger charge is -2.18. The second-order valence-corrected chi connectivity index (χ2v) is 9.77. The van der Waals surface area contributed by atoms with Crippen LogP contribution in [0, 0.1) is 18.3 Å². The second-order valence-electron chi connectivity index (χ2n) is 9.77. The highest BCUT2D eigenvalue weighted by atomic mass is 19.4. The molecule has 216 valence electrons. The summed E-state index contributed by atoms with van der Waals surface area (Å²) < 4.78 is 51.0. The molecule has 9 nitrogen and oxygen atoms in total. The van der Waals surface area contributed by atoms with Crippen molar-refractivity contribution in [1.29, 1.82) is 5.26 Å². The Morgan fingerprint density at radius 3 is 2.49 bits per heavy atom. The number of halogens is 3. The highest BCUT2D eigenvalue weighted by molar-refractivity contribution is 6.11. The Labute approximate surface area is 244 Å². The molecule has 0 aliphatic carbocycles. The SMILES string of the molecule is C=C(C)C(=O)Nc1ccc(-c2c(-c3ccc(Oc4nccc(C)n4)cc3)c3c(N)ncc(C#N)c3n2C)c(C(F)(F)F)c1. The number of carbonyl (C=O) groups excluding carboxylic acids is 1. The van der Waals surface area contributed by atoms with Gasteiger partial charge in [-0.15, -0.1) is 0 Å². The number of fused-ring (bicyclic) bond motifs is 1. The molecule has 2 aromatic carbocycles. The van der Waals surface area contributed by atoms with E-state index in [2.05, 4.69) is 32.9 Å². The quantitative estimate of drug-likeness (QED) is 0.211. The molecule has 3 heterocycles. The molecule has 0 atom stereocenters. The minimum absolute atomic E-state index is 0.0400. The maximum atomic E-state index is 14.6. The number of nitrogens with two attached hydrogens (primary N) is 1. The Morgan fingerprint density at radius 2 is 1.86 bits per heavy atom. The van der Waals surface area contributed by atoms with Gasteiger partial charge in [0.05, 0.1) is 27.7 Å². The molecule has 3 aromatic heterocycles. The molecule has 0 aliphatic heterocycles. The van der Waals surface area contributed by atoms with Crippen LogP contribution in [0.1, 0.15) is 23.7 Å². The van der Waals surface area contributed by atoms with Crippen molar-refractivity contribution in [2.75, 3.05) is 11.1 Å². The number of nitrogens with one attached hydrogen (secondary N) is 1. The van der Waals surface area contributed by atoms with Crippen LogP contribution in [0.15, 0.2) is 73.1 Å². The van der Waals surface area contributed by atoms with E-state index in [-0.39, 0.29) is 39.9 Å². The number of nitrogen functional groups attached to an aromatic ring is 1. The van der Waals surface area contributed by atoms with E-state index in [0.29, 0.717) is 33.5 Å². The van der Waals surface area contributed by atoms with Crippen molar-refractivity contribution in [2.45, 2.75) is 20.0 Å². The number of nitrogens with zero attached hydrogens (tertiary/aromatic N) is 5. The highest BCUT2D eigenvalue weighted by Crippen LogP contribution is 2.47. The van der Waals surface area contributed by atoms with E-state index in [9.17, 15) is 23.2 Å². The van der Waals surface area contributed by atoms with Gasteiger partial charge in [0, 0.05) is 47.5 Å². The number of hydrogen-bond donors (Lipinski definition) is 2. The van der Waals surface area contributed by atoms with E-state index in [1.807, 2.05) is 0 Å². The number of carbonyl (C=O) groups is 1. The van der Waals surface area contributed by atoms with Gasteiger partial charge in [-0.3, -0.25) is 4.79 Å². The van der Waals surface area contributed by atoms with Crippen LogP contribution in [0.4, 0.5) is 24.7 Å². The molecule has 0 fully saturated rings. The fourth-order valence-electron chi connectivity index (χ4n) is 4.76. The van der Waals surface area contributed by atoms with E-state index in [1.54, 1.807) is 50.5 Å². The number of benzene rings is 2. The average Bonchev–Trinajstić information content (AvgIpc) is 3.27. The van der Waals surface area contributed by atoms with Gasteiger partial charge in [0.1, 0.15) is 17.6 Å². The van der Waals surface area contributed by atoms with Crippen LogP contribution in [-0.2, 0) is 18.0 Å². The summed E-state index contributed by atoms with van der Waals surface area (Å²) in [7, 11) is 1.56. The Kier molecular flexibility index (Phi) is 7.33. The summed E-state index contributed by atoms with van der Waals surface area (Å²) in [5, 5.41) is 12.6. The van der Waals surface area contributed by atoms with Crippen molar-refractivity contribution in [3.63, 3.8) is 0 Å². The lowest BCUT2D eigenvalue weighted by molar-refractivity contribution is -0.137. The van der Waals surface area contributed by atoms with Crippen LogP contribution in [0.25, 0.3) is 33.3 Å².